The summed E-state index contributed by atoms with van der Waals surface area (Å²) in [6.45, 7) is 3.12. The second-order valence-electron chi connectivity index (χ2n) is 5.88. The number of ether oxygens (including phenoxy) is 1. The molecule has 1 atom stereocenters. The predicted octanol–water partition coefficient (Wildman–Crippen LogP) is 1.55. The molecule has 1 heterocycles. The van der Waals surface area contributed by atoms with E-state index in [0.717, 1.165) is 9.80 Å². The molecule has 122 valence electrons. The maximum absolute atomic E-state index is 12.4. The van der Waals surface area contributed by atoms with Gasteiger partial charge in [0.25, 0.3) is 0 Å². The Kier molecular flexibility index (Phi) is 5.08. The van der Waals surface area contributed by atoms with Crippen LogP contribution in [0.3, 0.4) is 0 Å². The van der Waals surface area contributed by atoms with E-state index in [1.807, 2.05) is 0 Å². The van der Waals surface area contributed by atoms with Gasteiger partial charge in [-0.15, -0.1) is 0 Å². The van der Waals surface area contributed by atoms with Gasteiger partial charge in [0.1, 0.15) is 11.6 Å². The third-order valence-corrected chi connectivity index (χ3v) is 2.78. The fourth-order valence-corrected chi connectivity index (χ4v) is 1.99. The van der Waals surface area contributed by atoms with Crippen LogP contribution in [-0.2, 0) is 9.53 Å². The molecule has 9 heteroatoms. The molecule has 1 amide bonds. The fraction of sp³-hybridized carbons (Fsp3) is 0.833. The number of carbonyl (C=O) groups excluding carboxylic acids is 1. The molecule has 0 radical (unpaired) electrons. The van der Waals surface area contributed by atoms with Crippen LogP contribution < -0.4 is 0 Å². The van der Waals surface area contributed by atoms with Crippen molar-refractivity contribution in [3.05, 3.63) is 0 Å². The molecule has 0 bridgehead atoms. The highest BCUT2D eigenvalue weighted by Gasteiger charge is 2.40. The molecule has 0 aliphatic carbocycles. The molecule has 21 heavy (non-hydrogen) atoms. The summed E-state index contributed by atoms with van der Waals surface area (Å²) in [5.41, 5.74) is -0.802. The number of rotatable bonds is 2. The van der Waals surface area contributed by atoms with Crippen molar-refractivity contribution in [3.8, 4) is 0 Å². The van der Waals surface area contributed by atoms with Crippen molar-refractivity contribution in [2.24, 2.45) is 0 Å². The first-order valence-corrected chi connectivity index (χ1v) is 6.40. The second-order valence-corrected chi connectivity index (χ2v) is 5.88. The summed E-state index contributed by atoms with van der Waals surface area (Å²) < 4.78 is 42.1. The van der Waals surface area contributed by atoms with Crippen molar-refractivity contribution in [1.82, 2.24) is 9.80 Å². The summed E-state index contributed by atoms with van der Waals surface area (Å²) >= 11 is 0. The quantitative estimate of drug-likeness (QED) is 0.838. The van der Waals surface area contributed by atoms with Crippen LogP contribution >= 0.6 is 0 Å². The molecular formula is C12H19F3N2O4. The van der Waals surface area contributed by atoms with E-state index in [2.05, 4.69) is 0 Å². The van der Waals surface area contributed by atoms with Crippen molar-refractivity contribution in [2.45, 2.75) is 38.6 Å². The minimum absolute atomic E-state index is 0.0530. The average molecular weight is 312 g/mol. The molecule has 1 fully saturated rings. The monoisotopic (exact) mass is 312 g/mol. The summed E-state index contributed by atoms with van der Waals surface area (Å²) in [5.74, 6) is -1.35. The number of carboxylic acids is 1. The first-order valence-electron chi connectivity index (χ1n) is 6.40. The van der Waals surface area contributed by atoms with E-state index in [1.165, 1.54) is 0 Å². The Morgan fingerprint density at radius 2 is 1.81 bits per heavy atom. The highest BCUT2D eigenvalue weighted by atomic mass is 19.4. The molecule has 1 aliphatic rings. The molecular weight excluding hydrogens is 293 g/mol. The van der Waals surface area contributed by atoms with Crippen LogP contribution in [0.5, 0.6) is 0 Å². The number of hydrogen-bond donors (Lipinski definition) is 1. The minimum atomic E-state index is -4.41. The van der Waals surface area contributed by atoms with Gasteiger partial charge in [0.05, 0.1) is 6.54 Å². The van der Waals surface area contributed by atoms with E-state index in [0.29, 0.717) is 0 Å². The lowest BCUT2D eigenvalue weighted by Crippen LogP contribution is -2.60. The number of nitrogens with zero attached hydrogens (tertiary/aromatic N) is 2. The maximum atomic E-state index is 12.4. The highest BCUT2D eigenvalue weighted by Crippen LogP contribution is 2.21. The van der Waals surface area contributed by atoms with Crippen LogP contribution in [0.4, 0.5) is 18.0 Å². The number of carboxylic acid groups (broad SMARTS) is 1. The molecule has 1 rings (SSSR count). The van der Waals surface area contributed by atoms with Gasteiger partial charge in [-0.1, -0.05) is 0 Å². The van der Waals surface area contributed by atoms with Crippen LogP contribution in [0.25, 0.3) is 0 Å². The number of alkyl halides is 3. The zero-order chi connectivity index (χ0) is 16.4. The molecule has 0 spiro atoms. The van der Waals surface area contributed by atoms with E-state index in [9.17, 15) is 22.8 Å². The van der Waals surface area contributed by atoms with Crippen LogP contribution in [0.2, 0.25) is 0 Å². The van der Waals surface area contributed by atoms with Gasteiger partial charge in [-0.2, -0.15) is 13.2 Å². The number of amides is 1. The third kappa shape index (κ3) is 5.78. The van der Waals surface area contributed by atoms with Crippen molar-refractivity contribution in [2.75, 3.05) is 26.2 Å². The standard InChI is InChI=1S/C12H19F3N2O4/c1-11(2,3)21-10(20)17-5-4-16(7-12(13,14)15)6-8(17)9(18)19/h8H,4-7H2,1-3H3,(H,18,19)/t8-/m1/s1. The summed E-state index contributed by atoms with van der Waals surface area (Å²) in [5, 5.41) is 9.11. The van der Waals surface area contributed by atoms with Gasteiger partial charge in [-0.05, 0) is 20.8 Å². The van der Waals surface area contributed by atoms with Crippen LogP contribution in [-0.4, -0.2) is 71.0 Å². The lowest BCUT2D eigenvalue weighted by Gasteiger charge is -2.39. The molecule has 0 aromatic rings. The Balaban J connectivity index is 2.76. The minimum Gasteiger partial charge on any atom is -0.480 e. The molecule has 1 aliphatic heterocycles. The number of piperazine rings is 1. The summed E-state index contributed by atoms with van der Waals surface area (Å²) in [6, 6.07) is -1.35. The van der Waals surface area contributed by atoms with Gasteiger partial charge in [0, 0.05) is 19.6 Å². The van der Waals surface area contributed by atoms with Crippen molar-refractivity contribution >= 4 is 12.1 Å². The van der Waals surface area contributed by atoms with Gasteiger partial charge in [0.15, 0.2) is 0 Å². The van der Waals surface area contributed by atoms with Crippen molar-refractivity contribution < 1.29 is 32.6 Å². The van der Waals surface area contributed by atoms with E-state index >= 15 is 0 Å². The fourth-order valence-electron chi connectivity index (χ4n) is 1.99. The van der Waals surface area contributed by atoms with Gasteiger partial charge >= 0.3 is 18.2 Å². The highest BCUT2D eigenvalue weighted by molar-refractivity contribution is 5.80. The Morgan fingerprint density at radius 1 is 1.24 bits per heavy atom. The lowest BCUT2D eigenvalue weighted by molar-refractivity contribution is -0.160. The number of hydrogen-bond acceptors (Lipinski definition) is 4. The molecule has 0 aromatic carbocycles. The van der Waals surface area contributed by atoms with Gasteiger partial charge in [-0.25, -0.2) is 9.59 Å². The largest absolute Gasteiger partial charge is 0.480 e. The number of carbonyl (C=O) groups is 2. The third-order valence-electron chi connectivity index (χ3n) is 2.78. The Morgan fingerprint density at radius 3 is 2.24 bits per heavy atom. The average Bonchev–Trinajstić information content (AvgIpc) is 2.23. The number of aliphatic carboxylic acids is 1. The first-order chi connectivity index (χ1) is 9.39. The van der Waals surface area contributed by atoms with E-state index in [4.69, 9.17) is 9.84 Å². The SMILES string of the molecule is CC(C)(C)OC(=O)N1CCN(CC(F)(F)F)C[C@@H]1C(=O)O. The predicted molar refractivity (Wildman–Crippen MR) is 66.9 cm³/mol. The Bertz CT molecular complexity index is 406. The van der Waals surface area contributed by atoms with Crippen LogP contribution in [0, 0.1) is 0 Å². The zero-order valence-corrected chi connectivity index (χ0v) is 12.1. The lowest BCUT2D eigenvalue weighted by atomic mass is 10.1. The molecule has 1 N–H and O–H groups in total. The summed E-state index contributed by atoms with van der Waals surface area (Å²) in [7, 11) is 0. The Hall–Kier alpha value is -1.51. The summed E-state index contributed by atoms with van der Waals surface area (Å²) in [4.78, 5) is 25.0. The summed E-state index contributed by atoms with van der Waals surface area (Å²) in [6.07, 6.45) is -5.24. The van der Waals surface area contributed by atoms with Gasteiger partial charge in [-0.3, -0.25) is 9.80 Å². The van der Waals surface area contributed by atoms with Gasteiger partial charge in [0.2, 0.25) is 0 Å². The van der Waals surface area contributed by atoms with Crippen molar-refractivity contribution in [3.63, 3.8) is 0 Å². The van der Waals surface area contributed by atoms with Crippen LogP contribution in [0.15, 0.2) is 0 Å². The molecule has 0 saturated carbocycles. The molecule has 0 unspecified atom stereocenters. The van der Waals surface area contributed by atoms with E-state index in [-0.39, 0.29) is 19.6 Å². The van der Waals surface area contributed by atoms with Gasteiger partial charge < -0.3 is 9.84 Å². The van der Waals surface area contributed by atoms with E-state index in [1.54, 1.807) is 20.8 Å². The first kappa shape index (κ1) is 17.5. The second kappa shape index (κ2) is 6.08. The zero-order valence-electron chi connectivity index (χ0n) is 12.1. The smallest absolute Gasteiger partial charge is 0.411 e. The molecule has 1 saturated heterocycles. The topological polar surface area (TPSA) is 70.1 Å². The molecule has 6 nitrogen and oxygen atoms in total. The van der Waals surface area contributed by atoms with Crippen LogP contribution in [0.1, 0.15) is 20.8 Å². The maximum Gasteiger partial charge on any atom is 0.411 e. The van der Waals surface area contributed by atoms with Crippen molar-refractivity contribution in [1.29, 1.82) is 0 Å². The number of halogens is 3. The normalized spacial score (nSPS) is 21.2. The molecule has 0 aromatic heterocycles. The van der Waals surface area contributed by atoms with E-state index < -0.39 is 36.4 Å². The Labute approximate surface area is 120 Å².